The molecule has 2 rings (SSSR count). The lowest BCUT2D eigenvalue weighted by atomic mass is 10.2. The first kappa shape index (κ1) is 21.2. The number of anilines is 2. The van der Waals surface area contributed by atoms with Crippen molar-refractivity contribution in [2.45, 2.75) is 37.5 Å². The largest absolute Gasteiger partial charge is 0.449 e. The summed E-state index contributed by atoms with van der Waals surface area (Å²) in [5, 5.41) is 2.59. The average molecular weight is 455 g/mol. The van der Waals surface area contributed by atoms with E-state index >= 15 is 0 Å². The van der Waals surface area contributed by atoms with Crippen LogP contribution >= 0.6 is 15.9 Å². The summed E-state index contributed by atoms with van der Waals surface area (Å²) in [5.74, 6) is 0. The first-order valence-electron chi connectivity index (χ1n) is 8.73. The van der Waals surface area contributed by atoms with Crippen LogP contribution in [0.15, 0.2) is 57.9 Å². The van der Waals surface area contributed by atoms with Crippen LogP contribution in [0.1, 0.15) is 32.6 Å². The number of unbranched alkanes of at least 4 members (excludes halogenated alkanes) is 3. The highest BCUT2D eigenvalue weighted by Gasteiger charge is 2.14. The minimum Gasteiger partial charge on any atom is -0.449 e. The second kappa shape index (κ2) is 10.3. The monoisotopic (exact) mass is 454 g/mol. The Labute approximate surface area is 168 Å². The summed E-state index contributed by atoms with van der Waals surface area (Å²) in [6, 6.07) is 12.7. The summed E-state index contributed by atoms with van der Waals surface area (Å²) in [6.45, 7) is 2.49. The molecule has 146 valence electrons. The highest BCUT2D eigenvalue weighted by Crippen LogP contribution is 2.20. The highest BCUT2D eigenvalue weighted by atomic mass is 79.9. The van der Waals surface area contributed by atoms with Crippen molar-refractivity contribution in [3.63, 3.8) is 0 Å². The molecule has 2 aromatic rings. The second-order valence-electron chi connectivity index (χ2n) is 5.96. The Hall–Kier alpha value is -2.06. The Kier molecular flexibility index (Phi) is 8.12. The van der Waals surface area contributed by atoms with Crippen LogP contribution in [0.5, 0.6) is 0 Å². The molecule has 0 radical (unpaired) electrons. The van der Waals surface area contributed by atoms with Gasteiger partial charge >= 0.3 is 6.09 Å². The Bertz CT molecular complexity index is 837. The molecule has 2 aromatic carbocycles. The molecular formula is C19H23BrN2O4S. The SMILES string of the molecule is CCCCCCOC(=O)Nc1ccc(S(=O)(=O)Nc2ccc(Br)cc2)cc1. The molecule has 27 heavy (non-hydrogen) atoms. The molecule has 0 aliphatic rings. The molecule has 8 heteroatoms. The average Bonchev–Trinajstić information content (AvgIpc) is 2.64. The highest BCUT2D eigenvalue weighted by molar-refractivity contribution is 9.10. The number of halogens is 1. The first-order chi connectivity index (χ1) is 12.9. The number of amides is 1. The number of carbonyl (C=O) groups is 1. The molecule has 1 amide bonds. The third-order valence-corrected chi connectivity index (χ3v) is 5.66. The Morgan fingerprint density at radius 1 is 0.963 bits per heavy atom. The molecule has 0 bridgehead atoms. The zero-order valence-corrected chi connectivity index (χ0v) is 17.5. The van der Waals surface area contributed by atoms with Crippen molar-refractivity contribution >= 4 is 43.4 Å². The van der Waals surface area contributed by atoms with E-state index in [0.29, 0.717) is 18.0 Å². The van der Waals surface area contributed by atoms with Crippen LogP contribution in [0.3, 0.4) is 0 Å². The van der Waals surface area contributed by atoms with E-state index in [2.05, 4.69) is 32.9 Å². The minimum atomic E-state index is -3.70. The van der Waals surface area contributed by atoms with Gasteiger partial charge in [-0.3, -0.25) is 10.0 Å². The maximum absolute atomic E-state index is 12.4. The van der Waals surface area contributed by atoms with Gasteiger partial charge in [0.1, 0.15) is 0 Å². The number of hydrogen-bond acceptors (Lipinski definition) is 4. The lowest BCUT2D eigenvalue weighted by Gasteiger charge is -2.10. The van der Waals surface area contributed by atoms with Crippen LogP contribution in [0.4, 0.5) is 16.2 Å². The van der Waals surface area contributed by atoms with Crippen molar-refractivity contribution in [3.8, 4) is 0 Å². The summed E-state index contributed by atoms with van der Waals surface area (Å²) in [5.41, 5.74) is 0.934. The third kappa shape index (κ3) is 7.22. The molecule has 0 aliphatic carbocycles. The topological polar surface area (TPSA) is 84.5 Å². The van der Waals surface area contributed by atoms with Crippen molar-refractivity contribution in [1.29, 1.82) is 0 Å². The van der Waals surface area contributed by atoms with E-state index in [0.717, 1.165) is 30.2 Å². The van der Waals surface area contributed by atoms with Gasteiger partial charge in [-0.15, -0.1) is 0 Å². The zero-order chi connectivity index (χ0) is 19.7. The van der Waals surface area contributed by atoms with Crippen molar-refractivity contribution in [3.05, 3.63) is 53.0 Å². The van der Waals surface area contributed by atoms with Crippen LogP contribution < -0.4 is 10.0 Å². The quantitative estimate of drug-likeness (QED) is 0.498. The fraction of sp³-hybridized carbons (Fsp3) is 0.316. The van der Waals surface area contributed by atoms with Crippen LogP contribution in [-0.4, -0.2) is 21.1 Å². The van der Waals surface area contributed by atoms with Gasteiger partial charge in [0.25, 0.3) is 10.0 Å². The van der Waals surface area contributed by atoms with Gasteiger partial charge in [0, 0.05) is 15.8 Å². The summed E-state index contributed by atoms with van der Waals surface area (Å²) >= 11 is 3.30. The molecule has 0 spiro atoms. The van der Waals surface area contributed by atoms with Crippen LogP contribution in [-0.2, 0) is 14.8 Å². The number of benzene rings is 2. The Morgan fingerprint density at radius 2 is 1.59 bits per heavy atom. The van der Waals surface area contributed by atoms with Crippen molar-refractivity contribution in [2.75, 3.05) is 16.6 Å². The molecule has 0 saturated carbocycles. The summed E-state index contributed by atoms with van der Waals surface area (Å²) in [6.07, 6.45) is 3.56. The molecule has 6 nitrogen and oxygen atoms in total. The van der Waals surface area contributed by atoms with E-state index in [-0.39, 0.29) is 4.90 Å². The number of sulfonamides is 1. The second-order valence-corrected chi connectivity index (χ2v) is 8.56. The Balaban J connectivity index is 1.89. The van der Waals surface area contributed by atoms with Gasteiger partial charge in [-0.2, -0.15) is 0 Å². The number of hydrogen-bond donors (Lipinski definition) is 2. The Morgan fingerprint density at radius 3 is 2.22 bits per heavy atom. The van der Waals surface area contributed by atoms with E-state index in [4.69, 9.17) is 4.74 Å². The van der Waals surface area contributed by atoms with E-state index < -0.39 is 16.1 Å². The van der Waals surface area contributed by atoms with Gasteiger partial charge in [0.05, 0.1) is 11.5 Å². The molecule has 0 atom stereocenters. The van der Waals surface area contributed by atoms with Crippen molar-refractivity contribution in [1.82, 2.24) is 0 Å². The molecular weight excluding hydrogens is 432 g/mol. The predicted octanol–water partition coefficient (Wildman–Crippen LogP) is 5.38. The van der Waals surface area contributed by atoms with Gasteiger partial charge in [-0.05, 0) is 55.0 Å². The van der Waals surface area contributed by atoms with Crippen molar-refractivity contribution in [2.24, 2.45) is 0 Å². The van der Waals surface area contributed by atoms with Gasteiger partial charge < -0.3 is 4.74 Å². The van der Waals surface area contributed by atoms with E-state index in [1.807, 2.05) is 0 Å². The molecule has 0 heterocycles. The van der Waals surface area contributed by atoms with Crippen LogP contribution in [0.25, 0.3) is 0 Å². The van der Waals surface area contributed by atoms with Gasteiger partial charge in [-0.1, -0.05) is 42.1 Å². The standard InChI is InChI=1S/C19H23BrN2O4S/c1-2-3-4-5-14-26-19(23)21-16-10-12-18(13-11-16)27(24,25)22-17-8-6-15(20)7-9-17/h6-13,22H,2-5,14H2,1H3,(H,21,23). The summed E-state index contributed by atoms with van der Waals surface area (Å²) < 4.78 is 33.3. The zero-order valence-electron chi connectivity index (χ0n) is 15.1. The number of nitrogens with one attached hydrogen (secondary N) is 2. The van der Waals surface area contributed by atoms with E-state index in [9.17, 15) is 13.2 Å². The molecule has 2 N–H and O–H groups in total. The lowest BCUT2D eigenvalue weighted by molar-refractivity contribution is 0.159. The number of rotatable bonds is 9. The molecule has 0 aromatic heterocycles. The van der Waals surface area contributed by atoms with Crippen LogP contribution in [0.2, 0.25) is 0 Å². The van der Waals surface area contributed by atoms with Crippen LogP contribution in [0, 0.1) is 0 Å². The first-order valence-corrected chi connectivity index (χ1v) is 11.0. The van der Waals surface area contributed by atoms with Gasteiger partial charge in [0.15, 0.2) is 0 Å². The predicted molar refractivity (Wildman–Crippen MR) is 111 cm³/mol. The molecule has 0 saturated heterocycles. The van der Waals surface area contributed by atoms with E-state index in [1.165, 1.54) is 24.3 Å². The fourth-order valence-electron chi connectivity index (χ4n) is 2.30. The molecule has 0 aliphatic heterocycles. The summed E-state index contributed by atoms with van der Waals surface area (Å²) in [7, 11) is -3.70. The lowest BCUT2D eigenvalue weighted by Crippen LogP contribution is -2.15. The summed E-state index contributed by atoms with van der Waals surface area (Å²) in [4.78, 5) is 11.8. The number of carbonyl (C=O) groups excluding carboxylic acids is 1. The molecule has 0 unspecified atom stereocenters. The van der Waals surface area contributed by atoms with Crippen molar-refractivity contribution < 1.29 is 17.9 Å². The van der Waals surface area contributed by atoms with Gasteiger partial charge in [0.2, 0.25) is 0 Å². The maximum Gasteiger partial charge on any atom is 0.411 e. The number of ether oxygens (including phenoxy) is 1. The molecule has 0 fully saturated rings. The smallest absolute Gasteiger partial charge is 0.411 e. The third-order valence-electron chi connectivity index (χ3n) is 3.74. The minimum absolute atomic E-state index is 0.101. The fourth-order valence-corrected chi connectivity index (χ4v) is 3.62. The van der Waals surface area contributed by atoms with E-state index in [1.54, 1.807) is 24.3 Å². The maximum atomic E-state index is 12.4. The normalized spacial score (nSPS) is 11.0. The van der Waals surface area contributed by atoms with Gasteiger partial charge in [-0.25, -0.2) is 13.2 Å².